The van der Waals surface area contributed by atoms with Crippen LogP contribution in [0.25, 0.3) is 0 Å². The number of nitrogens with one attached hydrogen (secondary N) is 1. The molecule has 0 saturated heterocycles. The summed E-state index contributed by atoms with van der Waals surface area (Å²) in [5.74, 6) is 0.591. The van der Waals surface area contributed by atoms with Crippen molar-refractivity contribution in [3.8, 4) is 0 Å². The first-order valence-electron chi connectivity index (χ1n) is 3.74. The first-order chi connectivity index (χ1) is 5.83. The standard InChI is InChI=1S/C7H11ClN4/c8-6-4-11-7(12-5-6)10-3-1-2-9/h4-5H,1-3,9H2,(H,10,11,12). The predicted octanol–water partition coefficient (Wildman–Crippen LogP) is 0.891. The summed E-state index contributed by atoms with van der Waals surface area (Å²) in [4.78, 5) is 7.91. The second-order valence-corrected chi connectivity index (χ2v) is 2.73. The van der Waals surface area contributed by atoms with Gasteiger partial charge in [-0.15, -0.1) is 0 Å². The number of nitrogens with two attached hydrogens (primary N) is 1. The zero-order valence-corrected chi connectivity index (χ0v) is 7.38. The number of anilines is 1. The molecular weight excluding hydrogens is 176 g/mol. The van der Waals surface area contributed by atoms with E-state index in [4.69, 9.17) is 17.3 Å². The molecule has 3 N–H and O–H groups in total. The molecule has 1 heterocycles. The third kappa shape index (κ3) is 3.02. The van der Waals surface area contributed by atoms with E-state index >= 15 is 0 Å². The molecule has 0 saturated carbocycles. The number of aromatic nitrogens is 2. The molecule has 0 aromatic carbocycles. The molecule has 66 valence electrons. The molecule has 0 spiro atoms. The van der Waals surface area contributed by atoms with Gasteiger partial charge in [0, 0.05) is 6.54 Å². The highest BCUT2D eigenvalue weighted by molar-refractivity contribution is 6.30. The van der Waals surface area contributed by atoms with Crippen LogP contribution in [0, 0.1) is 0 Å². The average molecular weight is 187 g/mol. The van der Waals surface area contributed by atoms with Crippen LogP contribution in [-0.4, -0.2) is 23.1 Å². The molecule has 1 rings (SSSR count). The van der Waals surface area contributed by atoms with Crippen molar-refractivity contribution in [2.45, 2.75) is 6.42 Å². The zero-order chi connectivity index (χ0) is 8.81. The van der Waals surface area contributed by atoms with Gasteiger partial charge in [0.25, 0.3) is 0 Å². The molecule has 0 atom stereocenters. The topological polar surface area (TPSA) is 63.8 Å². The Hall–Kier alpha value is -0.870. The quantitative estimate of drug-likeness (QED) is 0.686. The summed E-state index contributed by atoms with van der Waals surface area (Å²) < 4.78 is 0. The Balaban J connectivity index is 2.37. The van der Waals surface area contributed by atoms with Gasteiger partial charge >= 0.3 is 0 Å². The first kappa shape index (κ1) is 9.22. The summed E-state index contributed by atoms with van der Waals surface area (Å²) in [7, 11) is 0. The van der Waals surface area contributed by atoms with Crippen LogP contribution in [0.1, 0.15) is 6.42 Å². The van der Waals surface area contributed by atoms with Crippen LogP contribution in [0.2, 0.25) is 5.02 Å². The van der Waals surface area contributed by atoms with E-state index < -0.39 is 0 Å². The van der Waals surface area contributed by atoms with Gasteiger partial charge in [-0.05, 0) is 13.0 Å². The lowest BCUT2D eigenvalue weighted by atomic mass is 10.4. The van der Waals surface area contributed by atoms with Crippen molar-refractivity contribution in [2.24, 2.45) is 5.73 Å². The molecule has 1 aromatic rings. The van der Waals surface area contributed by atoms with E-state index in [9.17, 15) is 0 Å². The van der Waals surface area contributed by atoms with Crippen LogP contribution < -0.4 is 11.1 Å². The lowest BCUT2D eigenvalue weighted by molar-refractivity contribution is 0.864. The molecule has 12 heavy (non-hydrogen) atoms. The van der Waals surface area contributed by atoms with Crippen molar-refractivity contribution in [2.75, 3.05) is 18.4 Å². The van der Waals surface area contributed by atoms with E-state index in [1.54, 1.807) is 12.4 Å². The van der Waals surface area contributed by atoms with E-state index in [0.717, 1.165) is 13.0 Å². The van der Waals surface area contributed by atoms with Gasteiger partial charge in [0.2, 0.25) is 5.95 Å². The van der Waals surface area contributed by atoms with Crippen molar-refractivity contribution in [3.05, 3.63) is 17.4 Å². The average Bonchev–Trinajstić information content (AvgIpc) is 2.09. The molecule has 1 aromatic heterocycles. The molecule has 0 radical (unpaired) electrons. The van der Waals surface area contributed by atoms with Crippen molar-refractivity contribution >= 4 is 17.5 Å². The van der Waals surface area contributed by atoms with Crippen LogP contribution in [0.4, 0.5) is 5.95 Å². The Morgan fingerprint density at radius 1 is 1.42 bits per heavy atom. The summed E-state index contributed by atoms with van der Waals surface area (Å²) >= 11 is 5.60. The second kappa shape index (κ2) is 4.90. The lowest BCUT2D eigenvalue weighted by Gasteiger charge is -2.01. The van der Waals surface area contributed by atoms with E-state index in [1.807, 2.05) is 0 Å². The zero-order valence-electron chi connectivity index (χ0n) is 6.63. The van der Waals surface area contributed by atoms with Crippen molar-refractivity contribution < 1.29 is 0 Å². The van der Waals surface area contributed by atoms with Gasteiger partial charge in [0.15, 0.2) is 0 Å². The minimum absolute atomic E-state index is 0.541. The SMILES string of the molecule is NCCCNc1ncc(Cl)cn1. The van der Waals surface area contributed by atoms with Gasteiger partial charge in [-0.1, -0.05) is 11.6 Å². The third-order valence-corrected chi connectivity index (χ3v) is 1.48. The molecule has 0 amide bonds. The van der Waals surface area contributed by atoms with Crippen molar-refractivity contribution in [1.29, 1.82) is 0 Å². The molecule has 0 aliphatic heterocycles. The maximum Gasteiger partial charge on any atom is 0.222 e. The predicted molar refractivity (Wildman–Crippen MR) is 49.2 cm³/mol. The van der Waals surface area contributed by atoms with E-state index in [-0.39, 0.29) is 0 Å². The molecule has 5 heteroatoms. The van der Waals surface area contributed by atoms with Crippen molar-refractivity contribution in [3.63, 3.8) is 0 Å². The van der Waals surface area contributed by atoms with Crippen LogP contribution in [-0.2, 0) is 0 Å². The molecule has 4 nitrogen and oxygen atoms in total. The van der Waals surface area contributed by atoms with Gasteiger partial charge in [-0.2, -0.15) is 0 Å². The Bertz CT molecular complexity index is 223. The molecule has 0 aliphatic carbocycles. The Kier molecular flexibility index (Phi) is 3.76. The number of hydrogen-bond acceptors (Lipinski definition) is 4. The molecule has 0 bridgehead atoms. The van der Waals surface area contributed by atoms with Crippen LogP contribution in [0.3, 0.4) is 0 Å². The van der Waals surface area contributed by atoms with Gasteiger partial charge in [-0.3, -0.25) is 0 Å². The highest BCUT2D eigenvalue weighted by atomic mass is 35.5. The van der Waals surface area contributed by atoms with Gasteiger partial charge in [0.05, 0.1) is 17.4 Å². The summed E-state index contributed by atoms with van der Waals surface area (Å²) in [6.07, 6.45) is 4.02. The lowest BCUT2D eigenvalue weighted by Crippen LogP contribution is -2.10. The molecule has 0 fully saturated rings. The Labute approximate surface area is 76.2 Å². The maximum absolute atomic E-state index is 5.60. The summed E-state index contributed by atoms with van der Waals surface area (Å²) in [5, 5.41) is 3.55. The second-order valence-electron chi connectivity index (χ2n) is 2.29. The number of hydrogen-bond donors (Lipinski definition) is 2. The van der Waals surface area contributed by atoms with Gasteiger partial charge in [-0.25, -0.2) is 9.97 Å². The fourth-order valence-corrected chi connectivity index (χ4v) is 0.803. The molecular formula is C7H11ClN4. The number of halogens is 1. The minimum Gasteiger partial charge on any atom is -0.354 e. The van der Waals surface area contributed by atoms with E-state index in [0.29, 0.717) is 17.5 Å². The Morgan fingerprint density at radius 2 is 2.08 bits per heavy atom. The van der Waals surface area contributed by atoms with Gasteiger partial charge in [0.1, 0.15) is 0 Å². The summed E-state index contributed by atoms with van der Waals surface area (Å²) in [6.45, 7) is 1.46. The fourth-order valence-electron chi connectivity index (χ4n) is 0.706. The highest BCUT2D eigenvalue weighted by Crippen LogP contribution is 2.04. The summed E-state index contributed by atoms with van der Waals surface area (Å²) in [5.41, 5.74) is 5.31. The highest BCUT2D eigenvalue weighted by Gasteiger charge is 1.93. The van der Waals surface area contributed by atoms with E-state index in [1.165, 1.54) is 0 Å². The number of rotatable bonds is 4. The first-order valence-corrected chi connectivity index (χ1v) is 4.12. The smallest absolute Gasteiger partial charge is 0.222 e. The third-order valence-electron chi connectivity index (χ3n) is 1.28. The molecule has 0 aliphatic rings. The van der Waals surface area contributed by atoms with Crippen LogP contribution in [0.5, 0.6) is 0 Å². The van der Waals surface area contributed by atoms with E-state index in [2.05, 4.69) is 15.3 Å². The normalized spacial score (nSPS) is 9.83. The van der Waals surface area contributed by atoms with Crippen molar-refractivity contribution in [1.82, 2.24) is 9.97 Å². The molecule has 0 unspecified atom stereocenters. The fraction of sp³-hybridized carbons (Fsp3) is 0.429. The van der Waals surface area contributed by atoms with Crippen LogP contribution >= 0.6 is 11.6 Å². The number of nitrogens with zero attached hydrogens (tertiary/aromatic N) is 2. The monoisotopic (exact) mass is 186 g/mol. The maximum atomic E-state index is 5.60. The Morgan fingerprint density at radius 3 is 2.67 bits per heavy atom. The summed E-state index contributed by atoms with van der Waals surface area (Å²) in [6, 6.07) is 0. The van der Waals surface area contributed by atoms with Crippen LogP contribution in [0.15, 0.2) is 12.4 Å². The van der Waals surface area contributed by atoms with Gasteiger partial charge < -0.3 is 11.1 Å². The largest absolute Gasteiger partial charge is 0.354 e. The minimum atomic E-state index is 0.541.